The van der Waals surface area contributed by atoms with Crippen molar-refractivity contribution in [3.63, 3.8) is 0 Å². The van der Waals surface area contributed by atoms with Crippen molar-refractivity contribution in [1.29, 1.82) is 0 Å². The summed E-state index contributed by atoms with van der Waals surface area (Å²) < 4.78 is 0. The van der Waals surface area contributed by atoms with Gasteiger partial charge >= 0.3 is 0 Å². The lowest BCUT2D eigenvalue weighted by atomic mass is 9.79. The number of nitrogens with two attached hydrogens (primary N) is 2. The number of carbonyl (C=O) groups is 1. The SMILES string of the molecule is NC1=NC2(CCCCC2)N(c2ccc3c(c2)CC2(C3)C(=O)Nc3ncccc32)C(N)=N1. The van der Waals surface area contributed by atoms with Gasteiger partial charge in [0, 0.05) is 17.4 Å². The Labute approximate surface area is 180 Å². The molecule has 4 aliphatic rings. The summed E-state index contributed by atoms with van der Waals surface area (Å²) in [5.41, 5.74) is 15.6. The smallest absolute Gasteiger partial charge is 0.237 e. The van der Waals surface area contributed by atoms with E-state index in [9.17, 15) is 4.79 Å². The Hall–Kier alpha value is -3.42. The molecule has 8 nitrogen and oxygen atoms in total. The van der Waals surface area contributed by atoms with Gasteiger partial charge in [0.05, 0.1) is 5.41 Å². The van der Waals surface area contributed by atoms with Crippen molar-refractivity contribution >= 4 is 29.3 Å². The predicted octanol–water partition coefficient (Wildman–Crippen LogP) is 2.18. The van der Waals surface area contributed by atoms with E-state index in [2.05, 4.69) is 38.4 Å². The van der Waals surface area contributed by atoms with Crippen molar-refractivity contribution in [2.24, 2.45) is 21.5 Å². The van der Waals surface area contributed by atoms with E-state index in [1.54, 1.807) is 6.20 Å². The van der Waals surface area contributed by atoms with Crippen LogP contribution in [0.1, 0.15) is 48.8 Å². The molecule has 3 heterocycles. The molecule has 158 valence electrons. The highest BCUT2D eigenvalue weighted by Crippen LogP contribution is 2.48. The maximum absolute atomic E-state index is 13.0. The van der Waals surface area contributed by atoms with Gasteiger partial charge in [-0.25, -0.2) is 9.98 Å². The number of pyridine rings is 1. The molecule has 6 rings (SSSR count). The van der Waals surface area contributed by atoms with Crippen molar-refractivity contribution in [2.75, 3.05) is 10.2 Å². The fraction of sp³-hybridized carbons (Fsp3) is 0.391. The van der Waals surface area contributed by atoms with Crippen LogP contribution < -0.4 is 21.7 Å². The zero-order valence-electron chi connectivity index (χ0n) is 17.3. The van der Waals surface area contributed by atoms with Crippen molar-refractivity contribution in [1.82, 2.24) is 4.98 Å². The number of hydrogen-bond donors (Lipinski definition) is 3. The van der Waals surface area contributed by atoms with Gasteiger partial charge < -0.3 is 16.8 Å². The lowest BCUT2D eigenvalue weighted by Gasteiger charge is -2.45. The first-order valence-corrected chi connectivity index (χ1v) is 10.9. The molecule has 1 atom stereocenters. The zero-order valence-corrected chi connectivity index (χ0v) is 17.3. The number of rotatable bonds is 1. The maximum atomic E-state index is 13.0. The first-order valence-electron chi connectivity index (χ1n) is 10.9. The number of fused-ring (bicyclic) bond motifs is 3. The summed E-state index contributed by atoms with van der Waals surface area (Å²) in [5, 5.41) is 2.97. The summed E-state index contributed by atoms with van der Waals surface area (Å²) in [4.78, 5) is 28.5. The van der Waals surface area contributed by atoms with E-state index in [0.717, 1.165) is 42.5 Å². The van der Waals surface area contributed by atoms with E-state index in [-0.39, 0.29) is 11.9 Å². The average Bonchev–Trinajstić information content (AvgIpc) is 3.26. The number of aromatic nitrogens is 1. The number of carbonyl (C=O) groups excluding carboxylic acids is 1. The fourth-order valence-electron chi connectivity index (χ4n) is 5.89. The third-order valence-corrected chi connectivity index (χ3v) is 7.27. The number of nitrogens with zero attached hydrogens (tertiary/aromatic N) is 4. The third-order valence-electron chi connectivity index (χ3n) is 7.27. The molecule has 1 aromatic heterocycles. The monoisotopic (exact) mass is 415 g/mol. The van der Waals surface area contributed by atoms with E-state index in [1.807, 2.05) is 12.1 Å². The molecule has 1 fully saturated rings. The fourth-order valence-corrected chi connectivity index (χ4v) is 5.89. The highest BCUT2D eigenvalue weighted by molar-refractivity contribution is 6.07. The molecule has 2 aliphatic heterocycles. The van der Waals surface area contributed by atoms with E-state index in [1.165, 1.54) is 12.0 Å². The molecule has 2 spiro atoms. The number of benzene rings is 1. The van der Waals surface area contributed by atoms with Crippen LogP contribution in [0.15, 0.2) is 46.5 Å². The molecule has 1 amide bonds. The minimum atomic E-state index is -0.586. The van der Waals surface area contributed by atoms with Crippen LogP contribution in [0.2, 0.25) is 0 Å². The standard InChI is InChI=1S/C23H25N7O/c24-20-28-21(25)30(23(29-20)8-2-1-3-9-23)16-7-6-14-12-22(13-15(14)11-16)17-5-4-10-26-18(17)27-19(22)31/h4-7,10-11H,1-3,8-9,12-13H2,(H,26,27,31)(H4,24,25,28,29). The second kappa shape index (κ2) is 6.29. The Kier molecular flexibility index (Phi) is 3.73. The molecule has 1 aromatic carbocycles. The molecular weight excluding hydrogens is 390 g/mol. The third kappa shape index (κ3) is 2.54. The number of guanidine groups is 2. The van der Waals surface area contributed by atoms with Gasteiger partial charge in [-0.3, -0.25) is 9.69 Å². The Morgan fingerprint density at radius 3 is 2.68 bits per heavy atom. The Bertz CT molecular complexity index is 1160. The number of anilines is 2. The first kappa shape index (κ1) is 18.4. The molecule has 0 saturated heterocycles. The van der Waals surface area contributed by atoms with Gasteiger partial charge in [0.1, 0.15) is 11.5 Å². The molecule has 0 bridgehead atoms. The second-order valence-corrected chi connectivity index (χ2v) is 9.06. The van der Waals surface area contributed by atoms with Gasteiger partial charge in [0.2, 0.25) is 17.8 Å². The number of hydrogen-bond acceptors (Lipinski definition) is 7. The summed E-state index contributed by atoms with van der Waals surface area (Å²) in [6.45, 7) is 0. The number of aliphatic imine (C=N–C) groups is 2. The normalized spacial score (nSPS) is 25.8. The summed E-state index contributed by atoms with van der Waals surface area (Å²) in [6, 6.07) is 10.3. The first-order chi connectivity index (χ1) is 15.0. The van der Waals surface area contributed by atoms with Crippen LogP contribution >= 0.6 is 0 Å². The quantitative estimate of drug-likeness (QED) is 0.659. The van der Waals surface area contributed by atoms with Gasteiger partial charge in [-0.1, -0.05) is 18.6 Å². The Balaban J connectivity index is 1.40. The molecule has 8 heteroatoms. The van der Waals surface area contributed by atoms with Gasteiger partial charge in [-0.15, -0.1) is 0 Å². The van der Waals surface area contributed by atoms with Crippen LogP contribution in [-0.4, -0.2) is 28.5 Å². The van der Waals surface area contributed by atoms with Gasteiger partial charge in [-0.2, -0.15) is 4.99 Å². The predicted molar refractivity (Wildman–Crippen MR) is 120 cm³/mol. The molecular formula is C23H25N7O. The average molecular weight is 416 g/mol. The molecule has 5 N–H and O–H groups in total. The van der Waals surface area contributed by atoms with Crippen LogP contribution in [0.4, 0.5) is 11.5 Å². The lowest BCUT2D eigenvalue weighted by molar-refractivity contribution is -0.120. The largest absolute Gasteiger partial charge is 0.369 e. The van der Waals surface area contributed by atoms with Crippen molar-refractivity contribution < 1.29 is 4.79 Å². The topological polar surface area (TPSA) is 122 Å². The number of nitrogens with one attached hydrogen (secondary N) is 1. The van der Waals surface area contributed by atoms with E-state index >= 15 is 0 Å². The zero-order chi connectivity index (χ0) is 21.2. The molecule has 2 aromatic rings. The molecule has 1 unspecified atom stereocenters. The summed E-state index contributed by atoms with van der Waals surface area (Å²) in [5.74, 6) is 1.34. The number of amides is 1. The maximum Gasteiger partial charge on any atom is 0.237 e. The van der Waals surface area contributed by atoms with Crippen LogP contribution in [0.3, 0.4) is 0 Å². The lowest BCUT2D eigenvalue weighted by Crippen LogP contribution is -2.58. The Morgan fingerprint density at radius 1 is 1.03 bits per heavy atom. The van der Waals surface area contributed by atoms with Crippen molar-refractivity contribution in [2.45, 2.75) is 56.0 Å². The van der Waals surface area contributed by atoms with E-state index in [0.29, 0.717) is 24.6 Å². The molecule has 1 saturated carbocycles. The van der Waals surface area contributed by atoms with Crippen LogP contribution in [-0.2, 0) is 23.1 Å². The van der Waals surface area contributed by atoms with Crippen LogP contribution in [0.5, 0.6) is 0 Å². The highest BCUT2D eigenvalue weighted by atomic mass is 16.2. The van der Waals surface area contributed by atoms with Crippen molar-refractivity contribution in [3.05, 3.63) is 53.2 Å². The minimum Gasteiger partial charge on any atom is -0.369 e. The van der Waals surface area contributed by atoms with E-state index < -0.39 is 11.1 Å². The van der Waals surface area contributed by atoms with Crippen molar-refractivity contribution in [3.8, 4) is 0 Å². The minimum absolute atomic E-state index is 0.0270. The summed E-state index contributed by atoms with van der Waals surface area (Å²) >= 11 is 0. The van der Waals surface area contributed by atoms with Gasteiger partial charge in [0.15, 0.2) is 0 Å². The van der Waals surface area contributed by atoms with E-state index in [4.69, 9.17) is 16.5 Å². The summed E-state index contributed by atoms with van der Waals surface area (Å²) in [7, 11) is 0. The molecule has 31 heavy (non-hydrogen) atoms. The highest BCUT2D eigenvalue weighted by Gasteiger charge is 2.51. The van der Waals surface area contributed by atoms with Gasteiger partial charge in [0.25, 0.3) is 0 Å². The molecule has 0 radical (unpaired) electrons. The summed E-state index contributed by atoms with van der Waals surface area (Å²) in [6.07, 6.45) is 8.18. The van der Waals surface area contributed by atoms with Crippen LogP contribution in [0.25, 0.3) is 0 Å². The second-order valence-electron chi connectivity index (χ2n) is 9.06. The molecule has 2 aliphatic carbocycles. The Morgan fingerprint density at radius 2 is 1.84 bits per heavy atom. The van der Waals surface area contributed by atoms with Crippen LogP contribution in [0, 0.1) is 0 Å². The van der Waals surface area contributed by atoms with Gasteiger partial charge in [-0.05, 0) is 67.9 Å².